The molecule has 1 heterocycles. The molecule has 0 radical (unpaired) electrons. The normalized spacial score (nSPS) is 25.5. The van der Waals surface area contributed by atoms with Gasteiger partial charge in [-0.15, -0.1) is 0 Å². The highest BCUT2D eigenvalue weighted by molar-refractivity contribution is 7.89. The lowest BCUT2D eigenvalue weighted by atomic mass is 9.96. The SMILES string of the molecule is CC1CCN(S(=O)(=O)c2ccc(Cl)cc2F)CC1N. The fourth-order valence-corrected chi connectivity index (χ4v) is 3.81. The predicted octanol–water partition coefficient (Wildman–Crippen LogP) is 1.84. The molecule has 1 fully saturated rings. The zero-order valence-electron chi connectivity index (χ0n) is 10.5. The molecule has 7 heteroatoms. The maximum absolute atomic E-state index is 13.8. The molecular formula is C12H16ClFN2O2S. The molecule has 0 amide bonds. The molecule has 0 aliphatic carbocycles. The van der Waals surface area contributed by atoms with Gasteiger partial charge in [0.1, 0.15) is 10.7 Å². The number of nitrogens with two attached hydrogens (primary N) is 1. The minimum atomic E-state index is -3.85. The first-order valence-corrected chi connectivity index (χ1v) is 7.85. The molecule has 1 aliphatic rings. The average Bonchev–Trinajstić information content (AvgIpc) is 2.32. The molecule has 1 aromatic carbocycles. The lowest BCUT2D eigenvalue weighted by Crippen LogP contribution is -2.49. The van der Waals surface area contributed by atoms with Gasteiger partial charge in [0, 0.05) is 24.2 Å². The number of rotatable bonds is 2. The second kappa shape index (κ2) is 5.36. The summed E-state index contributed by atoms with van der Waals surface area (Å²) in [6.45, 7) is 2.56. The van der Waals surface area contributed by atoms with E-state index in [1.165, 1.54) is 16.4 Å². The molecule has 2 unspecified atom stereocenters. The number of sulfonamides is 1. The van der Waals surface area contributed by atoms with Gasteiger partial charge >= 0.3 is 0 Å². The molecule has 2 N–H and O–H groups in total. The Labute approximate surface area is 117 Å². The van der Waals surface area contributed by atoms with E-state index in [4.69, 9.17) is 17.3 Å². The summed E-state index contributed by atoms with van der Waals surface area (Å²) in [6, 6.07) is 3.33. The summed E-state index contributed by atoms with van der Waals surface area (Å²) >= 11 is 5.63. The van der Waals surface area contributed by atoms with E-state index in [-0.39, 0.29) is 28.4 Å². The first kappa shape index (κ1) is 14.7. The average molecular weight is 307 g/mol. The van der Waals surface area contributed by atoms with Crippen LogP contribution in [0.1, 0.15) is 13.3 Å². The second-order valence-electron chi connectivity index (χ2n) is 4.87. The monoisotopic (exact) mass is 306 g/mol. The third-order valence-corrected chi connectivity index (χ3v) is 5.62. The van der Waals surface area contributed by atoms with E-state index in [0.29, 0.717) is 13.0 Å². The van der Waals surface area contributed by atoms with Crippen LogP contribution in [0.2, 0.25) is 5.02 Å². The molecule has 2 atom stereocenters. The summed E-state index contributed by atoms with van der Waals surface area (Å²) < 4.78 is 39.7. The Kier molecular flexibility index (Phi) is 4.15. The van der Waals surface area contributed by atoms with Gasteiger partial charge in [0.15, 0.2) is 0 Å². The Bertz CT molecular complexity index is 579. The first-order chi connectivity index (χ1) is 8.82. The van der Waals surface area contributed by atoms with E-state index in [2.05, 4.69) is 0 Å². The second-order valence-corrected chi connectivity index (χ2v) is 7.21. The molecule has 19 heavy (non-hydrogen) atoms. The van der Waals surface area contributed by atoms with Crippen molar-refractivity contribution >= 4 is 21.6 Å². The molecule has 0 bridgehead atoms. The third kappa shape index (κ3) is 2.91. The maximum atomic E-state index is 13.8. The van der Waals surface area contributed by atoms with Crippen LogP contribution in [0.25, 0.3) is 0 Å². The Balaban J connectivity index is 2.32. The van der Waals surface area contributed by atoms with Crippen molar-refractivity contribution in [1.29, 1.82) is 0 Å². The lowest BCUT2D eigenvalue weighted by molar-refractivity contribution is 0.252. The zero-order valence-corrected chi connectivity index (χ0v) is 12.1. The summed E-state index contributed by atoms with van der Waals surface area (Å²) in [5.41, 5.74) is 5.88. The predicted molar refractivity (Wildman–Crippen MR) is 71.9 cm³/mol. The van der Waals surface area contributed by atoms with Gasteiger partial charge in [0.2, 0.25) is 10.0 Å². The molecule has 1 aliphatic heterocycles. The van der Waals surface area contributed by atoms with Crippen molar-refractivity contribution in [3.8, 4) is 0 Å². The summed E-state index contributed by atoms with van der Waals surface area (Å²) in [5.74, 6) is -0.568. The van der Waals surface area contributed by atoms with Crippen molar-refractivity contribution in [3.05, 3.63) is 29.0 Å². The van der Waals surface area contributed by atoms with Crippen molar-refractivity contribution < 1.29 is 12.8 Å². The summed E-state index contributed by atoms with van der Waals surface area (Å²) in [4.78, 5) is -0.348. The molecule has 0 saturated carbocycles. The van der Waals surface area contributed by atoms with E-state index in [1.807, 2.05) is 6.92 Å². The fourth-order valence-electron chi connectivity index (χ4n) is 2.11. The summed E-state index contributed by atoms with van der Waals surface area (Å²) in [7, 11) is -3.85. The van der Waals surface area contributed by atoms with E-state index in [0.717, 1.165) is 6.07 Å². The highest BCUT2D eigenvalue weighted by atomic mass is 35.5. The fraction of sp³-hybridized carbons (Fsp3) is 0.500. The summed E-state index contributed by atoms with van der Waals surface area (Å²) in [6.07, 6.45) is 0.676. The largest absolute Gasteiger partial charge is 0.326 e. The first-order valence-electron chi connectivity index (χ1n) is 6.03. The van der Waals surface area contributed by atoms with E-state index in [9.17, 15) is 12.8 Å². The van der Waals surface area contributed by atoms with Gasteiger partial charge in [-0.1, -0.05) is 18.5 Å². The minimum absolute atomic E-state index is 0.167. The Morgan fingerprint density at radius 3 is 2.74 bits per heavy atom. The number of benzene rings is 1. The Morgan fingerprint density at radius 1 is 1.47 bits per heavy atom. The third-order valence-electron chi connectivity index (χ3n) is 3.49. The minimum Gasteiger partial charge on any atom is -0.326 e. The Hall–Kier alpha value is -0.690. The van der Waals surface area contributed by atoms with Crippen LogP contribution in [0.5, 0.6) is 0 Å². The van der Waals surface area contributed by atoms with Gasteiger partial charge in [-0.3, -0.25) is 0 Å². The van der Waals surface area contributed by atoms with Crippen LogP contribution in [-0.2, 0) is 10.0 Å². The molecule has 1 saturated heterocycles. The van der Waals surface area contributed by atoms with Gasteiger partial charge in [0.05, 0.1) is 0 Å². The van der Waals surface area contributed by atoms with Crippen LogP contribution < -0.4 is 5.73 Å². The van der Waals surface area contributed by atoms with Gasteiger partial charge in [-0.25, -0.2) is 12.8 Å². The van der Waals surface area contributed by atoms with E-state index < -0.39 is 15.8 Å². The number of hydrogen-bond acceptors (Lipinski definition) is 3. The molecule has 0 spiro atoms. The smallest absolute Gasteiger partial charge is 0.246 e. The quantitative estimate of drug-likeness (QED) is 0.907. The topological polar surface area (TPSA) is 63.4 Å². The van der Waals surface area contributed by atoms with Gasteiger partial charge in [-0.2, -0.15) is 4.31 Å². The van der Waals surface area contributed by atoms with Crippen LogP contribution in [0.3, 0.4) is 0 Å². The Morgan fingerprint density at radius 2 is 2.16 bits per heavy atom. The molecule has 4 nitrogen and oxygen atoms in total. The van der Waals surface area contributed by atoms with Gasteiger partial charge in [-0.05, 0) is 30.5 Å². The van der Waals surface area contributed by atoms with Crippen LogP contribution >= 0.6 is 11.6 Å². The highest BCUT2D eigenvalue weighted by Gasteiger charge is 2.33. The summed E-state index contributed by atoms with van der Waals surface area (Å²) in [5, 5.41) is 0.167. The molecule has 0 aromatic heterocycles. The number of hydrogen-bond donors (Lipinski definition) is 1. The van der Waals surface area contributed by atoms with Crippen LogP contribution in [-0.4, -0.2) is 31.9 Å². The molecule has 106 valence electrons. The molecule has 1 aromatic rings. The van der Waals surface area contributed by atoms with Gasteiger partial charge < -0.3 is 5.73 Å². The van der Waals surface area contributed by atoms with Crippen molar-refractivity contribution in [2.45, 2.75) is 24.3 Å². The van der Waals surface area contributed by atoms with Crippen LogP contribution in [0.15, 0.2) is 23.1 Å². The number of nitrogens with zero attached hydrogens (tertiary/aromatic N) is 1. The molecular weight excluding hydrogens is 291 g/mol. The van der Waals surface area contributed by atoms with Crippen molar-refractivity contribution in [2.75, 3.05) is 13.1 Å². The van der Waals surface area contributed by atoms with Crippen molar-refractivity contribution in [1.82, 2.24) is 4.31 Å². The van der Waals surface area contributed by atoms with Gasteiger partial charge in [0.25, 0.3) is 0 Å². The van der Waals surface area contributed by atoms with Crippen molar-refractivity contribution in [3.63, 3.8) is 0 Å². The standard InChI is InChI=1S/C12H16ClFN2O2S/c1-8-4-5-16(7-11(8)15)19(17,18)12-3-2-9(13)6-10(12)14/h2-3,6,8,11H,4-5,7,15H2,1H3. The number of halogens is 2. The van der Waals surface area contributed by atoms with E-state index >= 15 is 0 Å². The molecule has 2 rings (SSSR count). The van der Waals surface area contributed by atoms with Crippen LogP contribution in [0, 0.1) is 11.7 Å². The zero-order chi connectivity index (χ0) is 14.2. The van der Waals surface area contributed by atoms with E-state index in [1.54, 1.807) is 0 Å². The van der Waals surface area contributed by atoms with Crippen molar-refractivity contribution in [2.24, 2.45) is 11.7 Å². The number of piperidine rings is 1. The van der Waals surface area contributed by atoms with Crippen LogP contribution in [0.4, 0.5) is 4.39 Å². The maximum Gasteiger partial charge on any atom is 0.246 e. The highest BCUT2D eigenvalue weighted by Crippen LogP contribution is 2.26. The lowest BCUT2D eigenvalue weighted by Gasteiger charge is -2.34.